The van der Waals surface area contributed by atoms with Gasteiger partial charge in [0.1, 0.15) is 18.8 Å². The molecular weight excluding hydrogens is 292 g/mol. The number of benzene rings is 1. The lowest BCUT2D eigenvalue weighted by Gasteiger charge is -2.14. The zero-order valence-electron chi connectivity index (χ0n) is 12.9. The highest BCUT2D eigenvalue weighted by Crippen LogP contribution is 2.20. The van der Waals surface area contributed by atoms with Crippen LogP contribution in [0.2, 0.25) is 0 Å². The van der Waals surface area contributed by atoms with Crippen LogP contribution in [0.25, 0.3) is 5.69 Å². The Morgan fingerprint density at radius 3 is 2.78 bits per heavy atom. The minimum absolute atomic E-state index is 0.356. The first-order valence-corrected chi connectivity index (χ1v) is 7.21. The van der Waals surface area contributed by atoms with Crippen molar-refractivity contribution in [1.82, 2.24) is 19.7 Å². The van der Waals surface area contributed by atoms with E-state index in [1.807, 2.05) is 38.1 Å². The van der Waals surface area contributed by atoms with Crippen molar-refractivity contribution in [2.75, 3.05) is 0 Å². The predicted octanol–water partition coefficient (Wildman–Crippen LogP) is 2.89. The van der Waals surface area contributed by atoms with E-state index >= 15 is 0 Å². The summed E-state index contributed by atoms with van der Waals surface area (Å²) in [6.45, 7) is 3.69. The Balaban J connectivity index is 1.77. The topological polar surface area (TPSA) is 69.9 Å². The second-order valence-electron chi connectivity index (χ2n) is 5.17. The molecule has 6 heteroatoms. The van der Waals surface area contributed by atoms with Gasteiger partial charge in [0.05, 0.1) is 11.3 Å². The Labute approximate surface area is 133 Å². The lowest BCUT2D eigenvalue weighted by Crippen LogP contribution is -2.11. The highest BCUT2D eigenvalue weighted by Gasteiger charge is 2.16. The average molecular weight is 308 g/mol. The van der Waals surface area contributed by atoms with Gasteiger partial charge in [-0.2, -0.15) is 5.10 Å². The van der Waals surface area contributed by atoms with E-state index < -0.39 is 0 Å². The molecule has 0 N–H and O–H groups in total. The maximum Gasteiger partial charge on any atom is 0.338 e. The molecule has 0 aliphatic heterocycles. The lowest BCUT2D eigenvalue weighted by molar-refractivity contribution is 0.0336. The van der Waals surface area contributed by atoms with Gasteiger partial charge in [-0.1, -0.05) is 6.07 Å². The number of esters is 1. The van der Waals surface area contributed by atoms with E-state index in [4.69, 9.17) is 4.74 Å². The van der Waals surface area contributed by atoms with E-state index in [0.717, 1.165) is 16.8 Å². The number of aryl methyl sites for hydroxylation is 1. The highest BCUT2D eigenvalue weighted by molar-refractivity contribution is 5.91. The predicted molar refractivity (Wildman–Crippen MR) is 84.2 cm³/mol. The monoisotopic (exact) mass is 308 g/mol. The van der Waals surface area contributed by atoms with Crippen molar-refractivity contribution in [3.05, 3.63) is 72.1 Å². The molecule has 0 aliphatic rings. The average Bonchev–Trinajstić information content (AvgIpc) is 3.10. The molecule has 3 rings (SSSR count). The number of hydrogen-bond acceptors (Lipinski definition) is 5. The molecule has 0 amide bonds. The van der Waals surface area contributed by atoms with Gasteiger partial charge in [0.15, 0.2) is 0 Å². The van der Waals surface area contributed by atoms with Crippen LogP contribution in [0.3, 0.4) is 0 Å². The summed E-state index contributed by atoms with van der Waals surface area (Å²) >= 11 is 0. The highest BCUT2D eigenvalue weighted by atomic mass is 16.5. The minimum Gasteiger partial charge on any atom is -0.454 e. The van der Waals surface area contributed by atoms with Crippen molar-refractivity contribution in [3.8, 4) is 5.69 Å². The summed E-state index contributed by atoms with van der Waals surface area (Å²) in [5.41, 5.74) is 3.06. The van der Waals surface area contributed by atoms with Crippen LogP contribution in [0.15, 0.2) is 55.4 Å². The van der Waals surface area contributed by atoms with Crippen LogP contribution in [-0.2, 0) is 4.74 Å². The Kier molecular flexibility index (Phi) is 4.14. The first-order valence-electron chi connectivity index (χ1n) is 7.21. The number of hydrogen-bond donors (Lipinski definition) is 0. The van der Waals surface area contributed by atoms with E-state index in [-0.39, 0.29) is 12.1 Å². The number of ether oxygens (including phenoxy) is 1. The van der Waals surface area contributed by atoms with Crippen LogP contribution >= 0.6 is 0 Å². The smallest absolute Gasteiger partial charge is 0.338 e. The summed E-state index contributed by atoms with van der Waals surface area (Å²) in [5, 5.41) is 4.07. The van der Waals surface area contributed by atoms with Crippen LogP contribution in [0.5, 0.6) is 0 Å². The largest absolute Gasteiger partial charge is 0.454 e. The van der Waals surface area contributed by atoms with Gasteiger partial charge in [-0.05, 0) is 43.7 Å². The molecule has 0 aliphatic carbocycles. The van der Waals surface area contributed by atoms with Crippen LogP contribution in [0.4, 0.5) is 0 Å². The van der Waals surface area contributed by atoms with Gasteiger partial charge in [-0.3, -0.25) is 4.98 Å². The van der Waals surface area contributed by atoms with Gasteiger partial charge in [0, 0.05) is 18.0 Å². The summed E-state index contributed by atoms with van der Waals surface area (Å²) in [7, 11) is 0. The fourth-order valence-electron chi connectivity index (χ4n) is 2.27. The molecular formula is C17H16N4O2. The molecule has 23 heavy (non-hydrogen) atoms. The molecule has 0 saturated heterocycles. The van der Waals surface area contributed by atoms with Crippen LogP contribution in [-0.4, -0.2) is 25.7 Å². The summed E-state index contributed by atoms with van der Waals surface area (Å²) in [4.78, 5) is 20.3. The normalized spacial score (nSPS) is 11.9. The standard InChI is InChI=1S/C17H16N4O2/c1-12-8-15(21-11-19-10-20-21)5-6-16(12)17(22)23-13(2)14-4-3-7-18-9-14/h3-11,13H,1-2H3/t13-/m0/s1. The second kappa shape index (κ2) is 6.39. The lowest BCUT2D eigenvalue weighted by atomic mass is 10.1. The molecule has 0 radical (unpaired) electrons. The molecule has 2 aromatic heterocycles. The quantitative estimate of drug-likeness (QED) is 0.693. The zero-order valence-corrected chi connectivity index (χ0v) is 12.9. The van der Waals surface area contributed by atoms with Crippen molar-refractivity contribution in [3.63, 3.8) is 0 Å². The van der Waals surface area contributed by atoms with Gasteiger partial charge >= 0.3 is 5.97 Å². The number of carbonyl (C=O) groups excluding carboxylic acids is 1. The Morgan fingerprint density at radius 1 is 1.26 bits per heavy atom. The van der Waals surface area contributed by atoms with Crippen molar-refractivity contribution in [2.24, 2.45) is 0 Å². The van der Waals surface area contributed by atoms with Gasteiger partial charge in [0.2, 0.25) is 0 Å². The third-order valence-electron chi connectivity index (χ3n) is 3.55. The second-order valence-corrected chi connectivity index (χ2v) is 5.17. The van der Waals surface area contributed by atoms with E-state index in [2.05, 4.69) is 15.1 Å². The first kappa shape index (κ1) is 14.9. The maximum atomic E-state index is 12.4. The third kappa shape index (κ3) is 3.26. The van der Waals surface area contributed by atoms with Gasteiger partial charge < -0.3 is 4.74 Å². The van der Waals surface area contributed by atoms with Crippen molar-refractivity contribution in [1.29, 1.82) is 0 Å². The fraction of sp³-hybridized carbons (Fsp3) is 0.176. The summed E-state index contributed by atoms with van der Waals surface area (Å²) < 4.78 is 7.16. The molecule has 0 unspecified atom stereocenters. The number of pyridine rings is 1. The summed E-state index contributed by atoms with van der Waals surface area (Å²) in [5.74, 6) is -0.357. The SMILES string of the molecule is Cc1cc(-n2cncn2)ccc1C(=O)O[C@@H](C)c1cccnc1. The molecule has 0 spiro atoms. The first-order chi connectivity index (χ1) is 11.1. The van der Waals surface area contributed by atoms with Gasteiger partial charge in [-0.25, -0.2) is 14.5 Å². The zero-order chi connectivity index (χ0) is 16.2. The van der Waals surface area contributed by atoms with Crippen molar-refractivity contribution >= 4 is 5.97 Å². The summed E-state index contributed by atoms with van der Waals surface area (Å²) in [6, 6.07) is 9.13. The van der Waals surface area contributed by atoms with E-state index in [9.17, 15) is 4.79 Å². The van der Waals surface area contributed by atoms with Gasteiger partial charge in [0.25, 0.3) is 0 Å². The molecule has 1 aromatic carbocycles. The van der Waals surface area contributed by atoms with Crippen LogP contribution in [0.1, 0.15) is 34.5 Å². The molecule has 1 atom stereocenters. The Hall–Kier alpha value is -3.02. The Bertz CT molecular complexity index is 801. The van der Waals surface area contributed by atoms with Crippen molar-refractivity contribution < 1.29 is 9.53 Å². The molecule has 0 saturated carbocycles. The molecule has 0 fully saturated rings. The number of carbonyl (C=O) groups is 1. The van der Waals surface area contributed by atoms with E-state index in [0.29, 0.717) is 5.56 Å². The third-order valence-corrected chi connectivity index (χ3v) is 3.55. The number of aromatic nitrogens is 4. The molecule has 2 heterocycles. The number of nitrogens with zero attached hydrogens (tertiary/aromatic N) is 4. The van der Waals surface area contributed by atoms with E-state index in [1.165, 1.54) is 6.33 Å². The minimum atomic E-state index is -0.357. The molecule has 116 valence electrons. The van der Waals surface area contributed by atoms with E-state index in [1.54, 1.807) is 29.5 Å². The molecule has 3 aromatic rings. The van der Waals surface area contributed by atoms with Crippen molar-refractivity contribution in [2.45, 2.75) is 20.0 Å². The maximum absolute atomic E-state index is 12.4. The molecule has 6 nitrogen and oxygen atoms in total. The fourth-order valence-corrected chi connectivity index (χ4v) is 2.27. The summed E-state index contributed by atoms with van der Waals surface area (Å²) in [6.07, 6.45) is 6.10. The van der Waals surface area contributed by atoms with Crippen LogP contribution in [0, 0.1) is 6.92 Å². The van der Waals surface area contributed by atoms with Crippen LogP contribution < -0.4 is 0 Å². The molecule has 0 bridgehead atoms. The Morgan fingerprint density at radius 2 is 2.13 bits per heavy atom. The number of rotatable bonds is 4. The van der Waals surface area contributed by atoms with Gasteiger partial charge in [-0.15, -0.1) is 0 Å².